The molecule has 0 N–H and O–H groups in total. The van der Waals surface area contributed by atoms with E-state index in [2.05, 4.69) is 9.97 Å². The molecule has 2 aromatic carbocycles. The SMILES string of the molecule is COc1ccc(CN(C(=O)c2ccc3nc(C)c(C)nc3c2)C2CC2)cc1. The molecule has 0 saturated heterocycles. The molecule has 0 aliphatic heterocycles. The van der Waals surface area contributed by atoms with Crippen molar-refractivity contribution >= 4 is 16.9 Å². The molecular weight excluding hydrogens is 338 g/mol. The lowest BCUT2D eigenvalue weighted by atomic mass is 10.1. The van der Waals surface area contributed by atoms with Gasteiger partial charge >= 0.3 is 0 Å². The molecule has 1 fully saturated rings. The normalized spacial score (nSPS) is 13.6. The fourth-order valence-corrected chi connectivity index (χ4v) is 3.21. The molecule has 0 spiro atoms. The van der Waals surface area contributed by atoms with Crippen molar-refractivity contribution in [2.24, 2.45) is 0 Å². The molecular formula is C22H23N3O2. The summed E-state index contributed by atoms with van der Waals surface area (Å²) in [5, 5.41) is 0. The standard InChI is InChI=1S/C22H23N3O2/c1-14-15(2)24-21-12-17(6-11-20(21)23-14)22(26)25(18-7-8-18)13-16-4-9-19(27-3)10-5-16/h4-6,9-12,18H,7-8,13H2,1-3H3. The Labute approximate surface area is 159 Å². The number of carbonyl (C=O) groups excluding carboxylic acids is 1. The van der Waals surface area contributed by atoms with Crippen molar-refractivity contribution in [3.63, 3.8) is 0 Å². The molecule has 0 radical (unpaired) electrons. The zero-order valence-electron chi connectivity index (χ0n) is 15.9. The molecule has 5 nitrogen and oxygen atoms in total. The molecule has 5 heteroatoms. The number of benzene rings is 2. The summed E-state index contributed by atoms with van der Waals surface area (Å²) < 4.78 is 5.22. The van der Waals surface area contributed by atoms with Crippen LogP contribution in [0.5, 0.6) is 5.75 Å². The molecule has 0 atom stereocenters. The minimum absolute atomic E-state index is 0.0512. The third kappa shape index (κ3) is 3.63. The van der Waals surface area contributed by atoms with Crippen molar-refractivity contribution in [1.29, 1.82) is 0 Å². The van der Waals surface area contributed by atoms with Crippen LogP contribution in [0.25, 0.3) is 11.0 Å². The lowest BCUT2D eigenvalue weighted by molar-refractivity contribution is 0.0730. The van der Waals surface area contributed by atoms with Crippen LogP contribution in [0.15, 0.2) is 42.5 Å². The number of hydrogen-bond donors (Lipinski definition) is 0. The van der Waals surface area contributed by atoms with Crippen LogP contribution in [0.4, 0.5) is 0 Å². The van der Waals surface area contributed by atoms with E-state index in [0.717, 1.165) is 46.6 Å². The number of aromatic nitrogens is 2. The van der Waals surface area contributed by atoms with Gasteiger partial charge in [-0.1, -0.05) is 12.1 Å². The fraction of sp³-hybridized carbons (Fsp3) is 0.318. The minimum Gasteiger partial charge on any atom is -0.497 e. The first kappa shape index (κ1) is 17.5. The molecule has 4 rings (SSSR count). The molecule has 27 heavy (non-hydrogen) atoms. The van der Waals surface area contributed by atoms with Crippen molar-refractivity contribution in [2.45, 2.75) is 39.3 Å². The van der Waals surface area contributed by atoms with Gasteiger partial charge in [-0.15, -0.1) is 0 Å². The Hall–Kier alpha value is -2.95. The number of aryl methyl sites for hydroxylation is 2. The van der Waals surface area contributed by atoms with Crippen LogP contribution < -0.4 is 4.74 Å². The monoisotopic (exact) mass is 361 g/mol. The third-order valence-corrected chi connectivity index (χ3v) is 5.08. The first-order valence-electron chi connectivity index (χ1n) is 9.24. The second-order valence-electron chi connectivity index (χ2n) is 7.11. The van der Waals surface area contributed by atoms with E-state index < -0.39 is 0 Å². The molecule has 1 aliphatic rings. The Kier molecular flexibility index (Phi) is 4.52. The zero-order valence-corrected chi connectivity index (χ0v) is 15.9. The first-order valence-corrected chi connectivity index (χ1v) is 9.24. The second-order valence-corrected chi connectivity index (χ2v) is 7.11. The van der Waals surface area contributed by atoms with Gasteiger partial charge in [-0.2, -0.15) is 0 Å². The van der Waals surface area contributed by atoms with E-state index in [9.17, 15) is 4.79 Å². The van der Waals surface area contributed by atoms with Crippen molar-refractivity contribution in [1.82, 2.24) is 14.9 Å². The van der Waals surface area contributed by atoms with Gasteiger partial charge in [0, 0.05) is 18.2 Å². The van der Waals surface area contributed by atoms with Gasteiger partial charge in [0.05, 0.1) is 29.5 Å². The van der Waals surface area contributed by atoms with Gasteiger partial charge < -0.3 is 9.64 Å². The highest BCUT2D eigenvalue weighted by Crippen LogP contribution is 2.30. The predicted octanol–water partition coefficient (Wildman–Crippen LogP) is 4.06. The summed E-state index contributed by atoms with van der Waals surface area (Å²) >= 11 is 0. The number of nitrogens with zero attached hydrogens (tertiary/aromatic N) is 3. The van der Waals surface area contributed by atoms with E-state index in [1.807, 2.05) is 61.2 Å². The number of methoxy groups -OCH3 is 1. The maximum Gasteiger partial charge on any atom is 0.254 e. The van der Waals surface area contributed by atoms with Crippen LogP contribution in [0.3, 0.4) is 0 Å². The number of carbonyl (C=O) groups is 1. The molecule has 3 aromatic rings. The third-order valence-electron chi connectivity index (χ3n) is 5.08. The maximum atomic E-state index is 13.2. The quantitative estimate of drug-likeness (QED) is 0.688. The molecule has 1 aliphatic carbocycles. The van der Waals surface area contributed by atoms with Crippen molar-refractivity contribution in [3.8, 4) is 5.75 Å². The molecule has 1 amide bonds. The highest BCUT2D eigenvalue weighted by molar-refractivity contribution is 5.97. The minimum atomic E-state index is 0.0512. The van der Waals surface area contributed by atoms with E-state index in [0.29, 0.717) is 18.2 Å². The number of amides is 1. The Morgan fingerprint density at radius 2 is 1.70 bits per heavy atom. The van der Waals surface area contributed by atoms with Gasteiger partial charge in [0.2, 0.25) is 0 Å². The molecule has 1 aromatic heterocycles. The molecule has 0 bridgehead atoms. The number of fused-ring (bicyclic) bond motifs is 1. The Bertz CT molecular complexity index is 994. The lowest BCUT2D eigenvalue weighted by Crippen LogP contribution is -2.32. The Morgan fingerprint density at radius 3 is 2.33 bits per heavy atom. The maximum absolute atomic E-state index is 13.2. The molecule has 1 saturated carbocycles. The van der Waals surface area contributed by atoms with Gasteiger partial charge in [0.25, 0.3) is 5.91 Å². The lowest BCUT2D eigenvalue weighted by Gasteiger charge is -2.23. The van der Waals surface area contributed by atoms with Gasteiger partial charge in [0.15, 0.2) is 0 Å². The van der Waals surface area contributed by atoms with Crippen LogP contribution in [-0.2, 0) is 6.54 Å². The van der Waals surface area contributed by atoms with Gasteiger partial charge in [-0.05, 0) is 62.6 Å². The summed E-state index contributed by atoms with van der Waals surface area (Å²) in [6.07, 6.45) is 2.13. The van der Waals surface area contributed by atoms with Gasteiger partial charge in [-0.25, -0.2) is 9.97 Å². The fourth-order valence-electron chi connectivity index (χ4n) is 3.21. The van der Waals surface area contributed by atoms with Crippen LogP contribution in [-0.4, -0.2) is 33.9 Å². The van der Waals surface area contributed by atoms with E-state index >= 15 is 0 Å². The Balaban J connectivity index is 1.61. The molecule has 1 heterocycles. The van der Waals surface area contributed by atoms with Crippen LogP contribution >= 0.6 is 0 Å². The van der Waals surface area contributed by atoms with Crippen LogP contribution in [0, 0.1) is 13.8 Å². The summed E-state index contributed by atoms with van der Waals surface area (Å²) in [5.74, 6) is 0.872. The first-order chi connectivity index (χ1) is 13.0. The van der Waals surface area contributed by atoms with Crippen molar-refractivity contribution in [3.05, 3.63) is 65.0 Å². The second kappa shape index (κ2) is 6.99. The average molecular weight is 361 g/mol. The smallest absolute Gasteiger partial charge is 0.254 e. The number of ether oxygens (including phenoxy) is 1. The van der Waals surface area contributed by atoms with E-state index in [-0.39, 0.29) is 5.91 Å². The van der Waals surface area contributed by atoms with Crippen LogP contribution in [0.2, 0.25) is 0 Å². The average Bonchev–Trinajstić information content (AvgIpc) is 3.52. The molecule has 138 valence electrons. The Morgan fingerprint density at radius 1 is 1.04 bits per heavy atom. The summed E-state index contributed by atoms with van der Waals surface area (Å²) in [4.78, 5) is 24.3. The van der Waals surface area contributed by atoms with E-state index in [1.54, 1.807) is 7.11 Å². The molecule has 0 unspecified atom stereocenters. The topological polar surface area (TPSA) is 55.3 Å². The highest BCUT2D eigenvalue weighted by Gasteiger charge is 2.33. The van der Waals surface area contributed by atoms with Gasteiger partial charge in [0.1, 0.15) is 5.75 Å². The summed E-state index contributed by atoms with van der Waals surface area (Å²) in [6.45, 7) is 4.49. The highest BCUT2D eigenvalue weighted by atomic mass is 16.5. The van der Waals surface area contributed by atoms with Crippen molar-refractivity contribution < 1.29 is 9.53 Å². The summed E-state index contributed by atoms with van der Waals surface area (Å²) in [7, 11) is 1.65. The zero-order chi connectivity index (χ0) is 19.0. The largest absolute Gasteiger partial charge is 0.497 e. The van der Waals surface area contributed by atoms with Gasteiger partial charge in [-0.3, -0.25) is 4.79 Å². The summed E-state index contributed by atoms with van der Waals surface area (Å²) in [5.41, 5.74) is 5.17. The van der Waals surface area contributed by atoms with Crippen molar-refractivity contribution in [2.75, 3.05) is 7.11 Å². The van der Waals surface area contributed by atoms with Crippen LogP contribution in [0.1, 0.15) is 40.2 Å². The van der Waals surface area contributed by atoms with E-state index in [1.165, 1.54) is 0 Å². The summed E-state index contributed by atoms with van der Waals surface area (Å²) in [6, 6.07) is 13.8. The predicted molar refractivity (Wildman–Crippen MR) is 105 cm³/mol. The van der Waals surface area contributed by atoms with E-state index in [4.69, 9.17) is 4.74 Å². The number of hydrogen-bond acceptors (Lipinski definition) is 4. The number of rotatable bonds is 5.